The minimum Gasteiger partial charge on any atom is -0.504 e. The van der Waals surface area contributed by atoms with Crippen molar-refractivity contribution in [1.82, 2.24) is 0 Å². The van der Waals surface area contributed by atoms with Gasteiger partial charge in [-0.25, -0.2) is 0 Å². The minimum absolute atomic E-state index is 0.0515. The average molecular weight is 420 g/mol. The zero-order valence-corrected chi connectivity index (χ0v) is 17.5. The fourth-order valence-electron chi connectivity index (χ4n) is 4.42. The number of phenolic OH excluding ortho intramolecular Hbond substituents is 2. The van der Waals surface area contributed by atoms with E-state index in [1.54, 1.807) is 18.2 Å². The summed E-state index contributed by atoms with van der Waals surface area (Å²) in [5.41, 5.74) is 2.06. The Hall–Kier alpha value is -2.84. The van der Waals surface area contributed by atoms with Gasteiger partial charge in [0.05, 0.1) is 28.4 Å². The number of rotatable bonds is 7. The van der Waals surface area contributed by atoms with Crippen molar-refractivity contribution in [2.75, 3.05) is 41.7 Å². The third-order valence-electron chi connectivity index (χ3n) is 5.93. The number of methoxy groups -OCH3 is 4. The van der Waals surface area contributed by atoms with Crippen molar-refractivity contribution in [3.05, 3.63) is 34.9 Å². The first-order chi connectivity index (χ1) is 14.4. The number of ether oxygens (including phenoxy) is 4. The molecule has 8 heteroatoms. The molecule has 0 spiro atoms. The molecule has 1 aliphatic rings. The third kappa shape index (κ3) is 3.46. The van der Waals surface area contributed by atoms with Crippen molar-refractivity contribution in [2.45, 2.75) is 12.3 Å². The van der Waals surface area contributed by atoms with Crippen molar-refractivity contribution in [1.29, 1.82) is 0 Å². The van der Waals surface area contributed by atoms with Crippen LogP contribution in [-0.2, 0) is 6.42 Å². The van der Waals surface area contributed by atoms with Crippen molar-refractivity contribution < 1.29 is 39.4 Å². The van der Waals surface area contributed by atoms with E-state index in [1.165, 1.54) is 28.4 Å². The molecule has 8 nitrogen and oxygen atoms in total. The lowest BCUT2D eigenvalue weighted by molar-refractivity contribution is 0.100. The van der Waals surface area contributed by atoms with Gasteiger partial charge in [0.25, 0.3) is 0 Å². The standard InChI is InChI=1S/C22H28O8/c1-27-16-6-11(7-17(28-2)21(16)26)19-13-8-18(29-3)22(30-4)20(25)14(13)5-12(9-23)15(19)10-24/h6-8,12,15,19,23-26H,5,9-10H2,1-4H3. The summed E-state index contributed by atoms with van der Waals surface area (Å²) < 4.78 is 21.3. The smallest absolute Gasteiger partial charge is 0.203 e. The Labute approximate surface area is 175 Å². The Balaban J connectivity index is 2.31. The molecule has 1 aliphatic carbocycles. The predicted molar refractivity (Wildman–Crippen MR) is 109 cm³/mol. The van der Waals surface area contributed by atoms with E-state index in [1.807, 2.05) is 0 Å². The van der Waals surface area contributed by atoms with E-state index in [9.17, 15) is 20.4 Å². The third-order valence-corrected chi connectivity index (χ3v) is 5.93. The van der Waals surface area contributed by atoms with E-state index in [0.717, 1.165) is 5.56 Å². The van der Waals surface area contributed by atoms with E-state index in [-0.39, 0.29) is 53.8 Å². The SMILES string of the molecule is COc1cc(C2c3cc(OC)c(OC)c(O)c3CC(CO)C2CO)cc(OC)c1O. The van der Waals surface area contributed by atoms with Gasteiger partial charge in [-0.2, -0.15) is 0 Å². The van der Waals surface area contributed by atoms with Crippen molar-refractivity contribution in [3.8, 4) is 34.5 Å². The highest BCUT2D eigenvalue weighted by atomic mass is 16.5. The molecule has 3 atom stereocenters. The molecule has 2 aromatic carbocycles. The molecule has 0 bridgehead atoms. The van der Waals surface area contributed by atoms with Gasteiger partial charge >= 0.3 is 0 Å². The molecule has 30 heavy (non-hydrogen) atoms. The van der Waals surface area contributed by atoms with Crippen LogP contribution in [0.1, 0.15) is 22.6 Å². The summed E-state index contributed by atoms with van der Waals surface area (Å²) in [4.78, 5) is 0. The number of fused-ring (bicyclic) bond motifs is 1. The minimum atomic E-state index is -0.426. The van der Waals surface area contributed by atoms with Gasteiger partial charge in [0, 0.05) is 24.7 Å². The van der Waals surface area contributed by atoms with Gasteiger partial charge in [-0.1, -0.05) is 0 Å². The van der Waals surface area contributed by atoms with Gasteiger partial charge in [-0.15, -0.1) is 0 Å². The molecular weight excluding hydrogens is 392 g/mol. The van der Waals surface area contributed by atoms with E-state index in [0.29, 0.717) is 23.3 Å². The molecule has 0 heterocycles. The number of benzene rings is 2. The highest BCUT2D eigenvalue weighted by Crippen LogP contribution is 2.53. The molecule has 3 rings (SSSR count). The second-order valence-electron chi connectivity index (χ2n) is 7.27. The molecule has 2 aromatic rings. The molecule has 0 saturated carbocycles. The Kier molecular flexibility index (Phi) is 6.48. The summed E-state index contributed by atoms with van der Waals surface area (Å²) in [5.74, 6) is -0.243. The van der Waals surface area contributed by atoms with Crippen molar-refractivity contribution in [2.24, 2.45) is 11.8 Å². The van der Waals surface area contributed by atoms with E-state index in [2.05, 4.69) is 0 Å². The lowest BCUT2D eigenvalue weighted by atomic mass is 9.66. The van der Waals surface area contributed by atoms with Crippen LogP contribution >= 0.6 is 0 Å². The fourth-order valence-corrected chi connectivity index (χ4v) is 4.42. The highest BCUT2D eigenvalue weighted by molar-refractivity contribution is 5.63. The van der Waals surface area contributed by atoms with E-state index >= 15 is 0 Å². The van der Waals surface area contributed by atoms with E-state index < -0.39 is 5.92 Å². The van der Waals surface area contributed by atoms with Gasteiger partial charge in [0.2, 0.25) is 11.5 Å². The van der Waals surface area contributed by atoms with Crippen LogP contribution in [0.3, 0.4) is 0 Å². The van der Waals surface area contributed by atoms with Crippen LogP contribution in [0.5, 0.6) is 34.5 Å². The van der Waals surface area contributed by atoms with Gasteiger partial charge in [0.1, 0.15) is 0 Å². The molecule has 0 aromatic heterocycles. The zero-order chi connectivity index (χ0) is 22.0. The first-order valence-electron chi connectivity index (χ1n) is 9.58. The normalized spacial score (nSPS) is 20.4. The summed E-state index contributed by atoms with van der Waals surface area (Å²) in [7, 11) is 5.80. The predicted octanol–water partition coefficient (Wildman–Crippen LogP) is 2.04. The average Bonchev–Trinajstić information content (AvgIpc) is 2.77. The number of aromatic hydroxyl groups is 2. The van der Waals surface area contributed by atoms with E-state index in [4.69, 9.17) is 18.9 Å². The quantitative estimate of drug-likeness (QED) is 0.538. The summed E-state index contributed by atoms with van der Waals surface area (Å²) in [6.45, 7) is -0.350. The number of hydrogen-bond donors (Lipinski definition) is 4. The summed E-state index contributed by atoms with van der Waals surface area (Å²) in [6, 6.07) is 5.12. The van der Waals surface area contributed by atoms with Gasteiger partial charge in [0.15, 0.2) is 23.0 Å². The molecule has 4 N–H and O–H groups in total. The first kappa shape index (κ1) is 21.9. The topological polar surface area (TPSA) is 118 Å². The van der Waals surface area contributed by atoms with Crippen LogP contribution < -0.4 is 18.9 Å². The fraction of sp³-hybridized carbons (Fsp3) is 0.455. The zero-order valence-electron chi connectivity index (χ0n) is 17.5. The van der Waals surface area contributed by atoms with Crippen LogP contribution in [0.25, 0.3) is 0 Å². The summed E-state index contributed by atoms with van der Waals surface area (Å²) in [5, 5.41) is 41.4. The van der Waals surface area contributed by atoms with Crippen molar-refractivity contribution in [3.63, 3.8) is 0 Å². The molecule has 0 radical (unpaired) electrons. The Morgan fingerprint density at radius 3 is 1.87 bits per heavy atom. The monoisotopic (exact) mass is 420 g/mol. The van der Waals surface area contributed by atoms with Gasteiger partial charge < -0.3 is 39.4 Å². The largest absolute Gasteiger partial charge is 0.504 e. The summed E-state index contributed by atoms with van der Waals surface area (Å²) in [6.07, 6.45) is 0.367. The molecule has 0 saturated heterocycles. The lowest BCUT2D eigenvalue weighted by Gasteiger charge is -2.39. The highest BCUT2D eigenvalue weighted by Gasteiger charge is 2.40. The number of aliphatic hydroxyl groups is 2. The number of phenols is 2. The second kappa shape index (κ2) is 8.89. The van der Waals surface area contributed by atoms with Crippen LogP contribution in [0.2, 0.25) is 0 Å². The maximum absolute atomic E-state index is 10.9. The van der Waals surface area contributed by atoms with Gasteiger partial charge in [-0.05, 0) is 47.6 Å². The van der Waals surface area contributed by atoms with Crippen LogP contribution in [0.4, 0.5) is 0 Å². The van der Waals surface area contributed by atoms with Crippen LogP contribution in [0.15, 0.2) is 18.2 Å². The Morgan fingerprint density at radius 2 is 1.40 bits per heavy atom. The van der Waals surface area contributed by atoms with Crippen LogP contribution in [0, 0.1) is 11.8 Å². The molecule has 164 valence electrons. The van der Waals surface area contributed by atoms with Gasteiger partial charge in [-0.3, -0.25) is 0 Å². The lowest BCUT2D eigenvalue weighted by Crippen LogP contribution is -2.35. The molecular formula is C22H28O8. The second-order valence-corrected chi connectivity index (χ2v) is 7.27. The number of aliphatic hydroxyl groups excluding tert-OH is 2. The van der Waals surface area contributed by atoms with Crippen LogP contribution in [-0.4, -0.2) is 62.1 Å². The molecule has 0 aliphatic heterocycles. The molecule has 0 fully saturated rings. The Bertz CT molecular complexity index is 885. The maximum atomic E-state index is 10.9. The molecule has 0 amide bonds. The summed E-state index contributed by atoms with van der Waals surface area (Å²) >= 11 is 0. The number of hydrogen-bond acceptors (Lipinski definition) is 8. The molecule has 3 unspecified atom stereocenters. The maximum Gasteiger partial charge on any atom is 0.203 e. The van der Waals surface area contributed by atoms with Crippen molar-refractivity contribution >= 4 is 0 Å². The first-order valence-corrected chi connectivity index (χ1v) is 9.58. The Morgan fingerprint density at radius 1 is 0.800 bits per heavy atom.